The highest BCUT2D eigenvalue weighted by molar-refractivity contribution is 7.10. The summed E-state index contributed by atoms with van der Waals surface area (Å²) in [7, 11) is 1.65. The van der Waals surface area contributed by atoms with Crippen molar-refractivity contribution in [2.45, 2.75) is 6.04 Å². The molecule has 2 aliphatic rings. The van der Waals surface area contributed by atoms with E-state index in [4.69, 9.17) is 9.47 Å². The molecule has 3 aromatic rings. The lowest BCUT2D eigenvalue weighted by Gasteiger charge is -2.31. The quantitative estimate of drug-likeness (QED) is 0.659. The maximum absolute atomic E-state index is 13.3. The van der Waals surface area contributed by atoms with Gasteiger partial charge in [0.15, 0.2) is 0 Å². The van der Waals surface area contributed by atoms with Gasteiger partial charge in [0.1, 0.15) is 11.4 Å². The van der Waals surface area contributed by atoms with Crippen molar-refractivity contribution in [2.75, 3.05) is 46.5 Å². The number of carbonyl (C=O) groups is 1. The van der Waals surface area contributed by atoms with Crippen LogP contribution in [-0.4, -0.2) is 72.4 Å². The Labute approximate surface area is 179 Å². The molecule has 156 valence electrons. The Hall–Kier alpha value is -2.68. The fourth-order valence-electron chi connectivity index (χ4n) is 4.21. The van der Waals surface area contributed by atoms with Crippen LogP contribution in [0.25, 0.3) is 11.3 Å². The van der Waals surface area contributed by atoms with Gasteiger partial charge < -0.3 is 14.4 Å². The molecule has 5 rings (SSSR count). The number of carbonyl (C=O) groups excluding carboxylic acids is 1. The smallest absolute Gasteiger partial charge is 0.273 e. The topological polar surface area (TPSA) is 70.7 Å². The Balaban J connectivity index is 1.48. The van der Waals surface area contributed by atoms with E-state index in [1.807, 2.05) is 35.2 Å². The summed E-state index contributed by atoms with van der Waals surface area (Å²) in [5, 5.41) is 9.61. The lowest BCUT2D eigenvalue weighted by Crippen LogP contribution is -2.42. The third-order valence-corrected chi connectivity index (χ3v) is 6.73. The maximum Gasteiger partial charge on any atom is 0.273 e. The van der Waals surface area contributed by atoms with Crippen LogP contribution in [-0.2, 0) is 4.74 Å². The van der Waals surface area contributed by atoms with Gasteiger partial charge in [-0.2, -0.15) is 5.10 Å². The van der Waals surface area contributed by atoms with E-state index in [2.05, 4.69) is 26.5 Å². The van der Waals surface area contributed by atoms with Crippen LogP contribution >= 0.6 is 11.3 Å². The summed E-state index contributed by atoms with van der Waals surface area (Å²) in [6, 6.07) is 11.8. The molecule has 8 heteroatoms. The van der Waals surface area contributed by atoms with Gasteiger partial charge in [-0.15, -0.1) is 11.3 Å². The zero-order chi connectivity index (χ0) is 20.5. The first-order valence-corrected chi connectivity index (χ1v) is 11.0. The van der Waals surface area contributed by atoms with E-state index in [-0.39, 0.29) is 11.9 Å². The van der Waals surface area contributed by atoms with E-state index in [1.54, 1.807) is 18.4 Å². The molecule has 1 amide bonds. The average molecular weight is 425 g/mol. The van der Waals surface area contributed by atoms with Gasteiger partial charge in [0.05, 0.1) is 32.1 Å². The number of H-pyrrole nitrogens is 1. The van der Waals surface area contributed by atoms with Gasteiger partial charge in [0.25, 0.3) is 5.91 Å². The number of benzene rings is 1. The molecule has 1 N–H and O–H groups in total. The summed E-state index contributed by atoms with van der Waals surface area (Å²) in [6.07, 6.45) is 0. The second kappa shape index (κ2) is 8.22. The minimum atomic E-state index is -0.121. The summed E-state index contributed by atoms with van der Waals surface area (Å²) in [5.74, 6) is 0.813. The van der Waals surface area contributed by atoms with Gasteiger partial charge in [-0.05, 0) is 35.7 Å². The van der Waals surface area contributed by atoms with Gasteiger partial charge in [-0.3, -0.25) is 14.8 Å². The number of nitrogens with one attached hydrogen (secondary N) is 1. The van der Waals surface area contributed by atoms with E-state index in [0.29, 0.717) is 12.2 Å². The van der Waals surface area contributed by atoms with Crippen molar-refractivity contribution in [1.29, 1.82) is 0 Å². The molecule has 1 unspecified atom stereocenters. The number of morpholine rings is 1. The molecule has 0 bridgehead atoms. The van der Waals surface area contributed by atoms with Crippen molar-refractivity contribution >= 4 is 17.2 Å². The van der Waals surface area contributed by atoms with Crippen LogP contribution in [0, 0.1) is 0 Å². The molecular formula is C22H24N4O3S. The predicted molar refractivity (Wildman–Crippen MR) is 115 cm³/mol. The molecule has 1 atom stereocenters. The van der Waals surface area contributed by atoms with Gasteiger partial charge in [-0.1, -0.05) is 6.07 Å². The van der Waals surface area contributed by atoms with Crippen molar-refractivity contribution in [1.82, 2.24) is 20.0 Å². The molecule has 0 radical (unpaired) electrons. The Morgan fingerprint density at radius 3 is 2.70 bits per heavy atom. The highest BCUT2D eigenvalue weighted by atomic mass is 32.1. The van der Waals surface area contributed by atoms with Crippen LogP contribution in [0.2, 0.25) is 0 Å². The van der Waals surface area contributed by atoms with Crippen LogP contribution in [0.5, 0.6) is 5.75 Å². The number of aromatic nitrogens is 2. The first kappa shape index (κ1) is 19.3. The van der Waals surface area contributed by atoms with Crippen molar-refractivity contribution in [2.24, 2.45) is 0 Å². The molecule has 30 heavy (non-hydrogen) atoms. The molecule has 7 nitrogen and oxygen atoms in total. The fourth-order valence-corrected chi connectivity index (χ4v) is 5.06. The molecule has 4 heterocycles. The van der Waals surface area contributed by atoms with E-state index in [9.17, 15) is 4.79 Å². The molecule has 0 aliphatic carbocycles. The van der Waals surface area contributed by atoms with Crippen LogP contribution in [0.1, 0.15) is 27.0 Å². The molecule has 0 spiro atoms. The molecule has 0 saturated carbocycles. The number of thiophene rings is 1. The number of methoxy groups -OCH3 is 1. The normalized spacial score (nSPS) is 19.3. The number of hydrogen-bond donors (Lipinski definition) is 1. The Bertz CT molecular complexity index is 1010. The lowest BCUT2D eigenvalue weighted by atomic mass is 10.0. The van der Waals surface area contributed by atoms with Crippen molar-refractivity contribution in [3.8, 4) is 17.0 Å². The highest BCUT2D eigenvalue weighted by Crippen LogP contribution is 2.44. The van der Waals surface area contributed by atoms with Crippen molar-refractivity contribution in [3.63, 3.8) is 0 Å². The first-order chi connectivity index (χ1) is 14.8. The number of amides is 1. The molecule has 2 aromatic heterocycles. The van der Waals surface area contributed by atoms with Crippen LogP contribution in [0.3, 0.4) is 0 Å². The summed E-state index contributed by atoms with van der Waals surface area (Å²) in [5.41, 5.74) is 3.36. The number of aromatic amines is 1. The number of nitrogens with zero attached hydrogens (tertiary/aromatic N) is 3. The van der Waals surface area contributed by atoms with E-state index in [1.165, 1.54) is 0 Å². The molecule has 2 aliphatic heterocycles. The number of rotatable bonds is 6. The Kier molecular flexibility index (Phi) is 5.28. The third kappa shape index (κ3) is 3.40. The van der Waals surface area contributed by atoms with Crippen LogP contribution in [0.4, 0.5) is 0 Å². The fraction of sp³-hybridized carbons (Fsp3) is 0.364. The standard InChI is InChI=1S/C22H24N4O3S/c1-28-16-6-4-15(5-7-16)19-18-20(24-23-19)22(27)26(21(18)17-3-2-14-30-17)9-8-25-10-12-29-13-11-25/h2-7,14,21H,8-13H2,1H3,(H,23,24). The van der Waals surface area contributed by atoms with E-state index < -0.39 is 0 Å². The minimum Gasteiger partial charge on any atom is -0.497 e. The molecule has 1 aromatic carbocycles. The third-order valence-electron chi connectivity index (χ3n) is 5.80. The summed E-state index contributed by atoms with van der Waals surface area (Å²) >= 11 is 1.68. The number of fused-ring (bicyclic) bond motifs is 1. The zero-order valence-corrected chi connectivity index (χ0v) is 17.7. The highest BCUT2D eigenvalue weighted by Gasteiger charge is 2.42. The van der Waals surface area contributed by atoms with Crippen molar-refractivity contribution < 1.29 is 14.3 Å². The largest absolute Gasteiger partial charge is 0.497 e. The van der Waals surface area contributed by atoms with Gasteiger partial charge in [-0.25, -0.2) is 0 Å². The molecule has 1 saturated heterocycles. The Morgan fingerprint density at radius 1 is 1.20 bits per heavy atom. The zero-order valence-electron chi connectivity index (χ0n) is 16.8. The molecular weight excluding hydrogens is 400 g/mol. The monoisotopic (exact) mass is 424 g/mol. The summed E-state index contributed by atoms with van der Waals surface area (Å²) < 4.78 is 10.7. The summed E-state index contributed by atoms with van der Waals surface area (Å²) in [4.78, 5) is 18.8. The second-order valence-corrected chi connectivity index (χ2v) is 8.44. The predicted octanol–water partition coefficient (Wildman–Crippen LogP) is 3.02. The second-order valence-electron chi connectivity index (χ2n) is 7.46. The molecule has 1 fully saturated rings. The number of ether oxygens (including phenoxy) is 2. The Morgan fingerprint density at radius 2 is 2.00 bits per heavy atom. The SMILES string of the molecule is COc1ccc(-c2n[nH]c3c2C(c2cccs2)N(CCN2CCOCC2)C3=O)cc1. The van der Waals surface area contributed by atoms with Gasteiger partial charge in [0.2, 0.25) is 0 Å². The van der Waals surface area contributed by atoms with Crippen molar-refractivity contribution in [3.05, 3.63) is 57.9 Å². The van der Waals surface area contributed by atoms with Gasteiger partial charge in [0, 0.05) is 42.2 Å². The number of hydrogen-bond acceptors (Lipinski definition) is 6. The minimum absolute atomic E-state index is 0.0175. The van der Waals surface area contributed by atoms with E-state index in [0.717, 1.165) is 60.3 Å². The maximum atomic E-state index is 13.3. The first-order valence-electron chi connectivity index (χ1n) is 10.1. The van der Waals surface area contributed by atoms with E-state index >= 15 is 0 Å². The van der Waals surface area contributed by atoms with Crippen LogP contribution < -0.4 is 4.74 Å². The lowest BCUT2D eigenvalue weighted by molar-refractivity contribution is 0.0317. The van der Waals surface area contributed by atoms with Gasteiger partial charge >= 0.3 is 0 Å². The average Bonchev–Trinajstić information content (AvgIpc) is 3.52. The summed E-state index contributed by atoms with van der Waals surface area (Å²) in [6.45, 7) is 4.85. The van der Waals surface area contributed by atoms with Crippen LogP contribution in [0.15, 0.2) is 41.8 Å².